The number of carbonyl (C=O) groups is 1. The van der Waals surface area contributed by atoms with Gasteiger partial charge in [-0.05, 0) is 143 Å². The summed E-state index contributed by atoms with van der Waals surface area (Å²) in [5, 5.41) is 0. The number of hydrogen-bond acceptors (Lipinski definition) is 2. The van der Waals surface area contributed by atoms with Gasteiger partial charge in [0.25, 0.3) is 0 Å². The zero-order chi connectivity index (χ0) is 35.3. The van der Waals surface area contributed by atoms with Crippen LogP contribution in [0.15, 0.2) is 35.5 Å². The molecular weight excluding hydrogens is 597 g/mol. The van der Waals surface area contributed by atoms with Crippen LogP contribution in [0.2, 0.25) is 0 Å². The second-order valence-electron chi connectivity index (χ2n) is 18.2. The molecule has 4 rings (SSSR count). The number of fused-ring (bicyclic) bond motifs is 5. The molecular formula is C47H80O2. The standard InChI is InChI=1S/C47H80O2/c1-8-10-11-12-13-14-15-16-17-18-19-20-21-22-23-24-45(48)49-40-31-33-46(6)39(35-40)27-28-41-43-30-29-42(47(43,7)34-32-44(41)46)37(5)25-26-38(9-2)36(3)4/h9,16-17,27,36-37,40-44H,8,10-15,18-26,28-35H2,1-7H3/t37-,40?,41+,42-,43+,44+,46+,47-/m1/s1. The quantitative estimate of drug-likeness (QED) is 0.0687. The first-order valence-corrected chi connectivity index (χ1v) is 21.8. The van der Waals surface area contributed by atoms with Gasteiger partial charge in [-0.2, -0.15) is 0 Å². The summed E-state index contributed by atoms with van der Waals surface area (Å²) in [4.78, 5) is 12.8. The Morgan fingerprint density at radius 2 is 1.51 bits per heavy atom. The summed E-state index contributed by atoms with van der Waals surface area (Å²) in [5.74, 6) is 5.01. The zero-order valence-electron chi connectivity index (χ0n) is 33.6. The fourth-order valence-electron chi connectivity index (χ4n) is 11.7. The van der Waals surface area contributed by atoms with E-state index in [-0.39, 0.29) is 12.1 Å². The molecule has 8 atom stereocenters. The number of unbranched alkanes of at least 4 members (excludes halogenated alkanes) is 11. The molecule has 4 aliphatic carbocycles. The Labute approximate surface area is 305 Å². The highest BCUT2D eigenvalue weighted by Gasteiger charge is 2.59. The van der Waals surface area contributed by atoms with Crippen LogP contribution >= 0.6 is 0 Å². The summed E-state index contributed by atoms with van der Waals surface area (Å²) in [6.45, 7) is 17.1. The Kier molecular flexibility index (Phi) is 16.6. The van der Waals surface area contributed by atoms with Gasteiger partial charge in [0.2, 0.25) is 0 Å². The van der Waals surface area contributed by atoms with Crippen LogP contribution in [-0.2, 0) is 9.53 Å². The van der Waals surface area contributed by atoms with E-state index >= 15 is 0 Å². The van der Waals surface area contributed by atoms with E-state index in [0.29, 0.717) is 23.2 Å². The number of rotatable bonds is 21. The summed E-state index contributed by atoms with van der Waals surface area (Å²) in [7, 11) is 0. The fourth-order valence-corrected chi connectivity index (χ4v) is 11.7. The molecule has 0 radical (unpaired) electrons. The van der Waals surface area contributed by atoms with Gasteiger partial charge in [-0.3, -0.25) is 4.79 Å². The molecule has 49 heavy (non-hydrogen) atoms. The van der Waals surface area contributed by atoms with E-state index in [9.17, 15) is 4.79 Å². The largest absolute Gasteiger partial charge is 0.462 e. The minimum atomic E-state index is 0.0509. The van der Waals surface area contributed by atoms with Gasteiger partial charge >= 0.3 is 5.97 Å². The molecule has 3 saturated carbocycles. The van der Waals surface area contributed by atoms with Crippen molar-refractivity contribution in [2.24, 2.45) is 46.3 Å². The molecule has 0 aromatic carbocycles. The first kappa shape index (κ1) is 40.5. The zero-order valence-corrected chi connectivity index (χ0v) is 33.6. The van der Waals surface area contributed by atoms with E-state index in [1.165, 1.54) is 122 Å². The summed E-state index contributed by atoms with van der Waals surface area (Å²) in [6, 6.07) is 0. The van der Waals surface area contributed by atoms with E-state index in [1.807, 2.05) is 0 Å². The van der Waals surface area contributed by atoms with Crippen molar-refractivity contribution in [3.8, 4) is 0 Å². The number of hydrogen-bond donors (Lipinski definition) is 0. The van der Waals surface area contributed by atoms with Gasteiger partial charge in [-0.25, -0.2) is 0 Å². The minimum Gasteiger partial charge on any atom is -0.462 e. The molecule has 3 fully saturated rings. The molecule has 2 nitrogen and oxygen atoms in total. The van der Waals surface area contributed by atoms with Crippen molar-refractivity contribution in [2.45, 2.75) is 209 Å². The van der Waals surface area contributed by atoms with Gasteiger partial charge in [-0.1, -0.05) is 128 Å². The van der Waals surface area contributed by atoms with Gasteiger partial charge in [0.15, 0.2) is 0 Å². The maximum Gasteiger partial charge on any atom is 0.306 e. The lowest BCUT2D eigenvalue weighted by Crippen LogP contribution is -2.51. The molecule has 2 heteroatoms. The number of esters is 1. The predicted molar refractivity (Wildman–Crippen MR) is 212 cm³/mol. The topological polar surface area (TPSA) is 26.3 Å². The van der Waals surface area contributed by atoms with Crippen molar-refractivity contribution in [2.75, 3.05) is 0 Å². The van der Waals surface area contributed by atoms with Crippen LogP contribution in [0, 0.1) is 46.3 Å². The van der Waals surface area contributed by atoms with Crippen LogP contribution in [0.3, 0.4) is 0 Å². The smallest absolute Gasteiger partial charge is 0.306 e. The average molecular weight is 677 g/mol. The lowest BCUT2D eigenvalue weighted by Gasteiger charge is -2.58. The molecule has 0 amide bonds. The Bertz CT molecular complexity index is 1080. The third kappa shape index (κ3) is 10.9. The molecule has 0 aromatic heterocycles. The Morgan fingerprint density at radius 3 is 2.18 bits per heavy atom. The summed E-state index contributed by atoms with van der Waals surface area (Å²) in [5.41, 5.74) is 4.13. The average Bonchev–Trinajstić information content (AvgIpc) is 3.44. The number of allylic oxidation sites excluding steroid dienone is 5. The van der Waals surface area contributed by atoms with Gasteiger partial charge in [0.1, 0.15) is 6.10 Å². The van der Waals surface area contributed by atoms with E-state index in [4.69, 9.17) is 4.74 Å². The predicted octanol–water partition coefficient (Wildman–Crippen LogP) is 14.5. The summed E-state index contributed by atoms with van der Waals surface area (Å²) in [6.07, 6.45) is 40.1. The van der Waals surface area contributed by atoms with Crippen molar-refractivity contribution in [3.05, 3.63) is 35.5 Å². The molecule has 0 aromatic rings. The molecule has 0 bridgehead atoms. The molecule has 0 heterocycles. The van der Waals surface area contributed by atoms with Gasteiger partial charge in [0.05, 0.1) is 0 Å². The van der Waals surface area contributed by atoms with Crippen LogP contribution in [0.4, 0.5) is 0 Å². The highest BCUT2D eigenvalue weighted by Crippen LogP contribution is 2.67. The first-order valence-electron chi connectivity index (χ1n) is 21.8. The van der Waals surface area contributed by atoms with Gasteiger partial charge < -0.3 is 4.74 Å². The van der Waals surface area contributed by atoms with E-state index in [1.54, 1.807) is 11.1 Å². The van der Waals surface area contributed by atoms with Crippen molar-refractivity contribution >= 4 is 5.97 Å². The molecule has 0 aliphatic heterocycles. The Hall–Kier alpha value is -1.31. The number of carbonyl (C=O) groups excluding carboxylic acids is 1. The molecule has 0 N–H and O–H groups in total. The molecule has 0 saturated heterocycles. The van der Waals surface area contributed by atoms with Crippen LogP contribution < -0.4 is 0 Å². The van der Waals surface area contributed by atoms with E-state index in [0.717, 1.165) is 55.3 Å². The Balaban J connectivity index is 1.14. The van der Waals surface area contributed by atoms with Crippen molar-refractivity contribution < 1.29 is 9.53 Å². The highest BCUT2D eigenvalue weighted by molar-refractivity contribution is 5.69. The SMILES string of the molecule is CC=C(CC[C@@H](C)[C@H]1CC[C@H]2[C@@H]3CC=C4CC(OC(=O)CCCCCCCC=CCCCCCCCC)CC[C@]4(C)[C@H]3CC[C@]12C)C(C)C. The van der Waals surface area contributed by atoms with Crippen LogP contribution in [0.25, 0.3) is 0 Å². The maximum atomic E-state index is 12.8. The molecule has 4 aliphatic rings. The number of ether oxygens (including phenoxy) is 1. The van der Waals surface area contributed by atoms with Crippen molar-refractivity contribution in [1.29, 1.82) is 0 Å². The van der Waals surface area contributed by atoms with Crippen LogP contribution in [0.1, 0.15) is 203 Å². The van der Waals surface area contributed by atoms with Crippen molar-refractivity contribution in [3.63, 3.8) is 0 Å². The third-order valence-electron chi connectivity index (χ3n) is 14.8. The summed E-state index contributed by atoms with van der Waals surface area (Å²) < 4.78 is 6.14. The van der Waals surface area contributed by atoms with E-state index in [2.05, 4.69) is 72.8 Å². The Morgan fingerprint density at radius 1 is 0.837 bits per heavy atom. The second-order valence-corrected chi connectivity index (χ2v) is 18.2. The highest BCUT2D eigenvalue weighted by atomic mass is 16.5. The lowest BCUT2D eigenvalue weighted by molar-refractivity contribution is -0.151. The van der Waals surface area contributed by atoms with Crippen LogP contribution in [-0.4, -0.2) is 12.1 Å². The molecule has 1 unspecified atom stereocenters. The molecule has 280 valence electrons. The van der Waals surface area contributed by atoms with Crippen LogP contribution in [0.5, 0.6) is 0 Å². The normalized spacial score (nSPS) is 32.1. The van der Waals surface area contributed by atoms with E-state index < -0.39 is 0 Å². The minimum absolute atomic E-state index is 0.0509. The van der Waals surface area contributed by atoms with Gasteiger partial charge in [0, 0.05) is 12.8 Å². The maximum absolute atomic E-state index is 12.8. The fraction of sp³-hybridized carbons (Fsp3) is 0.851. The first-order chi connectivity index (χ1) is 23.6. The van der Waals surface area contributed by atoms with Gasteiger partial charge in [-0.15, -0.1) is 0 Å². The lowest BCUT2D eigenvalue weighted by atomic mass is 9.47. The second kappa shape index (κ2) is 20.1. The monoisotopic (exact) mass is 677 g/mol. The summed E-state index contributed by atoms with van der Waals surface area (Å²) >= 11 is 0. The van der Waals surface area contributed by atoms with Crippen molar-refractivity contribution in [1.82, 2.24) is 0 Å². The molecule has 0 spiro atoms. The third-order valence-corrected chi connectivity index (χ3v) is 14.8.